The van der Waals surface area contributed by atoms with Crippen LogP contribution in [0.3, 0.4) is 0 Å². The van der Waals surface area contributed by atoms with E-state index in [4.69, 9.17) is 4.74 Å². The molecule has 0 heterocycles. The predicted molar refractivity (Wildman–Crippen MR) is 110 cm³/mol. The first-order valence-corrected chi connectivity index (χ1v) is 10.3. The lowest BCUT2D eigenvalue weighted by Gasteiger charge is -2.22. The number of aliphatic imine (C=N–C) groups is 1. The van der Waals surface area contributed by atoms with Crippen molar-refractivity contribution in [2.24, 2.45) is 4.99 Å². The molecule has 1 aliphatic rings. The van der Waals surface area contributed by atoms with Gasteiger partial charge in [-0.15, -0.1) is 24.0 Å². The molecule has 1 rings (SSSR count). The van der Waals surface area contributed by atoms with E-state index in [-0.39, 0.29) is 29.7 Å². The molecule has 0 unspecified atom stereocenters. The number of rotatable bonds is 10. The summed E-state index contributed by atoms with van der Waals surface area (Å²) in [6, 6.07) is 0. The number of nitrogens with zero attached hydrogens (tertiary/aromatic N) is 1. The third kappa shape index (κ3) is 11.4. The van der Waals surface area contributed by atoms with Gasteiger partial charge in [-0.2, -0.15) is 0 Å². The van der Waals surface area contributed by atoms with E-state index in [0.29, 0.717) is 25.2 Å². The maximum Gasteiger partial charge on any atom is 0.211 e. The van der Waals surface area contributed by atoms with Crippen LogP contribution in [-0.4, -0.2) is 59.5 Å². The van der Waals surface area contributed by atoms with Gasteiger partial charge in [0.25, 0.3) is 0 Å². The van der Waals surface area contributed by atoms with Gasteiger partial charge in [0.05, 0.1) is 11.9 Å². The summed E-state index contributed by atoms with van der Waals surface area (Å²) in [6.07, 6.45) is 7.71. The minimum Gasteiger partial charge on any atom is -0.378 e. The van der Waals surface area contributed by atoms with Gasteiger partial charge >= 0.3 is 0 Å². The fraction of sp³-hybridized carbons (Fsp3) is 0.933. The average molecular weight is 476 g/mol. The Hall–Kier alpha value is -0.130. The van der Waals surface area contributed by atoms with Crippen LogP contribution in [0.2, 0.25) is 0 Å². The molecule has 0 aromatic carbocycles. The molecule has 1 aliphatic carbocycles. The fourth-order valence-corrected chi connectivity index (χ4v) is 3.09. The van der Waals surface area contributed by atoms with E-state index in [9.17, 15) is 8.42 Å². The molecule has 0 atom stereocenters. The quantitative estimate of drug-likeness (QED) is 0.192. The number of ether oxygens (including phenoxy) is 1. The lowest BCUT2D eigenvalue weighted by Crippen LogP contribution is -2.42. The van der Waals surface area contributed by atoms with Gasteiger partial charge < -0.3 is 15.4 Å². The van der Waals surface area contributed by atoms with Crippen molar-refractivity contribution in [1.29, 1.82) is 0 Å². The molecule has 1 fully saturated rings. The Labute approximate surface area is 163 Å². The largest absolute Gasteiger partial charge is 0.378 e. The zero-order chi connectivity index (χ0) is 17.0. The fourth-order valence-electron chi connectivity index (χ4n) is 2.47. The van der Waals surface area contributed by atoms with Gasteiger partial charge in [-0.1, -0.05) is 19.3 Å². The molecule has 144 valence electrons. The number of hydrogen-bond acceptors (Lipinski definition) is 4. The third-order valence-corrected chi connectivity index (χ3v) is 5.27. The van der Waals surface area contributed by atoms with Crippen molar-refractivity contribution < 1.29 is 13.2 Å². The predicted octanol–water partition coefficient (Wildman–Crippen LogP) is 1.45. The highest BCUT2D eigenvalue weighted by atomic mass is 127. The van der Waals surface area contributed by atoms with Crippen LogP contribution in [0, 0.1) is 0 Å². The summed E-state index contributed by atoms with van der Waals surface area (Å²) in [6.45, 7) is 4.02. The van der Waals surface area contributed by atoms with Gasteiger partial charge in [-0.05, 0) is 26.2 Å². The highest BCUT2D eigenvalue weighted by Crippen LogP contribution is 2.20. The number of guanidine groups is 1. The summed E-state index contributed by atoms with van der Waals surface area (Å²) in [5.74, 6) is 0.777. The van der Waals surface area contributed by atoms with E-state index in [1.165, 1.54) is 32.1 Å². The Morgan fingerprint density at radius 1 is 1.12 bits per heavy atom. The van der Waals surface area contributed by atoms with Crippen molar-refractivity contribution in [3.05, 3.63) is 0 Å². The second kappa shape index (κ2) is 14.1. The standard InChI is InChI=1S/C15H32N4O3S.HI/c1-3-23(20,21)19-12-11-18-15(16-2)17-10-7-13-22-14-8-5-4-6-9-14;/h14,19H,3-13H2,1-2H3,(H2,16,17,18);1H. The van der Waals surface area contributed by atoms with Gasteiger partial charge in [0.1, 0.15) is 0 Å². The lowest BCUT2D eigenvalue weighted by molar-refractivity contribution is 0.0277. The van der Waals surface area contributed by atoms with Crippen molar-refractivity contribution >= 4 is 40.0 Å². The topological polar surface area (TPSA) is 91.8 Å². The summed E-state index contributed by atoms with van der Waals surface area (Å²) < 4.78 is 31.0. The van der Waals surface area contributed by atoms with Crippen molar-refractivity contribution in [1.82, 2.24) is 15.4 Å². The van der Waals surface area contributed by atoms with Crippen LogP contribution in [0.5, 0.6) is 0 Å². The minimum absolute atomic E-state index is 0. The highest BCUT2D eigenvalue weighted by molar-refractivity contribution is 14.0. The number of halogens is 1. The van der Waals surface area contributed by atoms with E-state index in [1.54, 1.807) is 14.0 Å². The van der Waals surface area contributed by atoms with E-state index < -0.39 is 10.0 Å². The van der Waals surface area contributed by atoms with Crippen molar-refractivity contribution in [3.63, 3.8) is 0 Å². The van der Waals surface area contributed by atoms with Crippen LogP contribution in [0.15, 0.2) is 4.99 Å². The summed E-state index contributed by atoms with van der Waals surface area (Å²) >= 11 is 0. The van der Waals surface area contributed by atoms with Gasteiger partial charge in [0.2, 0.25) is 10.0 Å². The molecular formula is C15H33IN4O3S. The molecule has 0 spiro atoms. The SMILES string of the molecule is CCS(=O)(=O)NCCNC(=NC)NCCCOC1CCCCC1.I. The Kier molecular flexibility index (Phi) is 14.0. The Bertz CT molecular complexity index is 440. The normalized spacial score (nSPS) is 16.5. The van der Waals surface area contributed by atoms with Crippen LogP contribution < -0.4 is 15.4 Å². The minimum atomic E-state index is -3.13. The molecular weight excluding hydrogens is 443 g/mol. The third-order valence-electron chi connectivity index (χ3n) is 3.86. The molecule has 7 nitrogen and oxygen atoms in total. The Morgan fingerprint density at radius 2 is 1.79 bits per heavy atom. The monoisotopic (exact) mass is 476 g/mol. The van der Waals surface area contributed by atoms with Crippen molar-refractivity contribution in [2.75, 3.05) is 39.0 Å². The Balaban J connectivity index is 0.00000529. The second-order valence-electron chi connectivity index (χ2n) is 5.71. The highest BCUT2D eigenvalue weighted by Gasteiger charge is 2.13. The molecule has 0 radical (unpaired) electrons. The maximum atomic E-state index is 11.3. The molecule has 0 aliphatic heterocycles. The van der Waals surface area contributed by atoms with Crippen molar-refractivity contribution in [2.45, 2.75) is 51.6 Å². The average Bonchev–Trinajstić information content (AvgIpc) is 2.57. The Morgan fingerprint density at radius 3 is 2.42 bits per heavy atom. The lowest BCUT2D eigenvalue weighted by atomic mass is 9.98. The van der Waals surface area contributed by atoms with E-state index in [0.717, 1.165) is 19.6 Å². The summed E-state index contributed by atoms with van der Waals surface area (Å²) in [5.41, 5.74) is 0. The maximum absolute atomic E-state index is 11.3. The molecule has 0 aromatic rings. The van der Waals surface area contributed by atoms with E-state index >= 15 is 0 Å². The summed E-state index contributed by atoms with van der Waals surface area (Å²) in [7, 11) is -1.43. The van der Waals surface area contributed by atoms with Crippen LogP contribution >= 0.6 is 24.0 Å². The van der Waals surface area contributed by atoms with E-state index in [1.807, 2.05) is 0 Å². The van der Waals surface area contributed by atoms with Crippen LogP contribution in [0.4, 0.5) is 0 Å². The summed E-state index contributed by atoms with van der Waals surface area (Å²) in [5, 5.41) is 6.28. The zero-order valence-corrected chi connectivity index (χ0v) is 18.0. The smallest absolute Gasteiger partial charge is 0.211 e. The molecule has 0 aromatic heterocycles. The summed E-state index contributed by atoms with van der Waals surface area (Å²) in [4.78, 5) is 4.11. The first kappa shape index (κ1) is 23.9. The van der Waals surface area contributed by atoms with Crippen molar-refractivity contribution in [3.8, 4) is 0 Å². The molecule has 0 amide bonds. The number of hydrogen-bond donors (Lipinski definition) is 3. The van der Waals surface area contributed by atoms with E-state index in [2.05, 4.69) is 20.3 Å². The number of sulfonamides is 1. The molecule has 9 heteroatoms. The molecule has 1 saturated carbocycles. The van der Waals surface area contributed by atoms with Crippen LogP contribution in [0.1, 0.15) is 45.4 Å². The number of nitrogens with one attached hydrogen (secondary N) is 3. The zero-order valence-electron chi connectivity index (χ0n) is 14.8. The van der Waals surface area contributed by atoms with Gasteiger partial charge in [-0.25, -0.2) is 13.1 Å². The second-order valence-corrected chi connectivity index (χ2v) is 7.80. The van der Waals surface area contributed by atoms with Gasteiger partial charge in [0, 0.05) is 33.3 Å². The van der Waals surface area contributed by atoms with Gasteiger partial charge in [-0.3, -0.25) is 4.99 Å². The first-order chi connectivity index (χ1) is 11.1. The van der Waals surface area contributed by atoms with Crippen LogP contribution in [0.25, 0.3) is 0 Å². The molecule has 24 heavy (non-hydrogen) atoms. The van der Waals surface area contributed by atoms with Crippen LogP contribution in [-0.2, 0) is 14.8 Å². The first-order valence-electron chi connectivity index (χ1n) is 8.61. The molecule has 0 bridgehead atoms. The van der Waals surface area contributed by atoms with Gasteiger partial charge in [0.15, 0.2) is 5.96 Å². The molecule has 3 N–H and O–H groups in total. The molecule has 0 saturated heterocycles.